The summed E-state index contributed by atoms with van der Waals surface area (Å²) in [6.07, 6.45) is 2.89. The number of carbonyl (C=O) groups excluding carboxylic acids is 1. The third-order valence-corrected chi connectivity index (χ3v) is 3.51. The molecular formula is C13H15FN2O4. The number of aromatic nitrogens is 1. The van der Waals surface area contributed by atoms with E-state index in [-0.39, 0.29) is 12.1 Å². The van der Waals surface area contributed by atoms with Crippen LogP contribution in [0.15, 0.2) is 18.5 Å². The van der Waals surface area contributed by atoms with Gasteiger partial charge in [0, 0.05) is 26.0 Å². The molecule has 0 radical (unpaired) electrons. The van der Waals surface area contributed by atoms with Gasteiger partial charge in [-0.2, -0.15) is 0 Å². The largest absolute Gasteiger partial charge is 0.481 e. The summed E-state index contributed by atoms with van der Waals surface area (Å²) < 4.78 is 18.5. The Morgan fingerprint density at radius 3 is 2.75 bits per heavy atom. The number of nitrogens with zero attached hydrogens (tertiary/aromatic N) is 1. The van der Waals surface area contributed by atoms with Gasteiger partial charge in [0.1, 0.15) is 0 Å². The first-order chi connectivity index (χ1) is 9.55. The van der Waals surface area contributed by atoms with Gasteiger partial charge in [0.25, 0.3) is 5.91 Å². The van der Waals surface area contributed by atoms with Crippen molar-refractivity contribution >= 4 is 11.9 Å². The summed E-state index contributed by atoms with van der Waals surface area (Å²) in [5.41, 5.74) is -1.19. The smallest absolute Gasteiger partial charge is 0.311 e. The van der Waals surface area contributed by atoms with Gasteiger partial charge >= 0.3 is 5.97 Å². The fourth-order valence-electron chi connectivity index (χ4n) is 2.13. The van der Waals surface area contributed by atoms with Crippen LogP contribution in [0.25, 0.3) is 0 Å². The zero-order valence-corrected chi connectivity index (χ0v) is 10.8. The van der Waals surface area contributed by atoms with E-state index < -0.39 is 23.1 Å². The molecule has 1 aromatic heterocycles. The molecule has 1 aliphatic heterocycles. The second-order valence-electron chi connectivity index (χ2n) is 4.74. The highest BCUT2D eigenvalue weighted by molar-refractivity contribution is 5.94. The quantitative estimate of drug-likeness (QED) is 0.854. The second kappa shape index (κ2) is 5.96. The lowest BCUT2D eigenvalue weighted by Crippen LogP contribution is -2.46. The molecule has 2 rings (SSSR count). The predicted octanol–water partition coefficient (Wildman–Crippen LogP) is 0.832. The van der Waals surface area contributed by atoms with Crippen molar-refractivity contribution in [1.82, 2.24) is 10.3 Å². The van der Waals surface area contributed by atoms with Crippen LogP contribution in [-0.4, -0.2) is 41.7 Å². The number of amides is 1. The lowest BCUT2D eigenvalue weighted by atomic mass is 9.80. The topological polar surface area (TPSA) is 88.5 Å². The highest BCUT2D eigenvalue weighted by Crippen LogP contribution is 2.30. The number of nitrogens with one attached hydrogen (secondary N) is 1. The van der Waals surface area contributed by atoms with Crippen molar-refractivity contribution in [2.45, 2.75) is 12.8 Å². The van der Waals surface area contributed by atoms with Gasteiger partial charge in [-0.05, 0) is 18.9 Å². The molecular weight excluding hydrogens is 267 g/mol. The number of halogens is 1. The Kier molecular flexibility index (Phi) is 4.29. The lowest BCUT2D eigenvalue weighted by Gasteiger charge is -2.33. The van der Waals surface area contributed by atoms with E-state index in [2.05, 4.69) is 10.3 Å². The molecule has 7 heteroatoms. The number of carboxylic acids is 1. The molecule has 0 saturated carbocycles. The Balaban J connectivity index is 2.05. The summed E-state index contributed by atoms with van der Waals surface area (Å²) in [6.45, 7) is 0.629. The van der Waals surface area contributed by atoms with Gasteiger partial charge in [-0.1, -0.05) is 0 Å². The van der Waals surface area contributed by atoms with E-state index in [1.165, 1.54) is 12.3 Å². The monoisotopic (exact) mass is 282 g/mol. The normalized spacial score (nSPS) is 17.4. The van der Waals surface area contributed by atoms with Crippen LogP contribution in [0.2, 0.25) is 0 Å². The van der Waals surface area contributed by atoms with Crippen molar-refractivity contribution in [3.05, 3.63) is 29.8 Å². The molecule has 0 spiro atoms. The SMILES string of the molecule is O=C(NCC1(C(=O)O)CCOCC1)c1ccncc1F. The van der Waals surface area contributed by atoms with Gasteiger partial charge in [-0.3, -0.25) is 14.6 Å². The van der Waals surface area contributed by atoms with E-state index >= 15 is 0 Å². The van der Waals surface area contributed by atoms with E-state index in [4.69, 9.17) is 4.74 Å². The minimum absolute atomic E-state index is 0.0493. The first-order valence-electron chi connectivity index (χ1n) is 6.24. The molecule has 0 unspecified atom stereocenters. The van der Waals surface area contributed by atoms with Crippen molar-refractivity contribution in [2.24, 2.45) is 5.41 Å². The summed E-state index contributed by atoms with van der Waals surface area (Å²) in [7, 11) is 0. The van der Waals surface area contributed by atoms with Crippen molar-refractivity contribution < 1.29 is 23.8 Å². The van der Waals surface area contributed by atoms with Gasteiger partial charge in [0.2, 0.25) is 0 Å². The summed E-state index contributed by atoms with van der Waals surface area (Å²) >= 11 is 0. The second-order valence-corrected chi connectivity index (χ2v) is 4.74. The molecule has 2 heterocycles. The number of carbonyl (C=O) groups is 2. The van der Waals surface area contributed by atoms with Crippen LogP contribution in [0.3, 0.4) is 0 Å². The fraction of sp³-hybridized carbons (Fsp3) is 0.462. The molecule has 1 aromatic rings. The zero-order chi connectivity index (χ0) is 14.6. The standard InChI is InChI=1S/C13H15FN2O4/c14-10-7-15-4-1-9(10)11(17)16-8-13(12(18)19)2-5-20-6-3-13/h1,4,7H,2-3,5-6,8H2,(H,16,17)(H,18,19). The Morgan fingerprint density at radius 2 is 2.15 bits per heavy atom. The Hall–Kier alpha value is -2.02. The number of pyridine rings is 1. The zero-order valence-electron chi connectivity index (χ0n) is 10.8. The molecule has 0 aliphatic carbocycles. The average molecular weight is 282 g/mol. The number of hydrogen-bond donors (Lipinski definition) is 2. The molecule has 1 fully saturated rings. The van der Waals surface area contributed by atoms with Crippen LogP contribution in [0, 0.1) is 11.2 Å². The summed E-state index contributed by atoms with van der Waals surface area (Å²) in [5, 5.41) is 11.8. The average Bonchev–Trinajstić information content (AvgIpc) is 2.46. The van der Waals surface area contributed by atoms with Gasteiger partial charge < -0.3 is 15.2 Å². The van der Waals surface area contributed by atoms with Crippen molar-refractivity contribution in [3.8, 4) is 0 Å². The Bertz CT molecular complexity index is 515. The highest BCUT2D eigenvalue weighted by atomic mass is 19.1. The molecule has 108 valence electrons. The molecule has 1 aliphatic rings. The lowest BCUT2D eigenvalue weighted by molar-refractivity contribution is -0.154. The molecule has 0 bridgehead atoms. The molecule has 6 nitrogen and oxygen atoms in total. The van der Waals surface area contributed by atoms with Crippen LogP contribution in [0.1, 0.15) is 23.2 Å². The predicted molar refractivity (Wildman–Crippen MR) is 66.7 cm³/mol. The van der Waals surface area contributed by atoms with Gasteiger partial charge in [-0.25, -0.2) is 4.39 Å². The van der Waals surface area contributed by atoms with Gasteiger partial charge in [0.05, 0.1) is 17.2 Å². The molecule has 2 N–H and O–H groups in total. The summed E-state index contributed by atoms with van der Waals surface area (Å²) in [6, 6.07) is 1.25. The van der Waals surface area contributed by atoms with E-state index in [0.29, 0.717) is 26.1 Å². The Labute approximate surface area is 115 Å². The maximum atomic E-state index is 13.4. The third-order valence-electron chi connectivity index (χ3n) is 3.51. The van der Waals surface area contributed by atoms with E-state index in [1.54, 1.807) is 0 Å². The maximum absolute atomic E-state index is 13.4. The molecule has 1 saturated heterocycles. The Morgan fingerprint density at radius 1 is 1.45 bits per heavy atom. The van der Waals surface area contributed by atoms with Crippen LogP contribution >= 0.6 is 0 Å². The number of ether oxygens (including phenoxy) is 1. The number of aliphatic carboxylic acids is 1. The molecule has 0 atom stereocenters. The number of rotatable bonds is 4. The van der Waals surface area contributed by atoms with Crippen LogP contribution in [0.4, 0.5) is 4.39 Å². The van der Waals surface area contributed by atoms with Crippen molar-refractivity contribution in [1.29, 1.82) is 0 Å². The van der Waals surface area contributed by atoms with Gasteiger partial charge in [-0.15, -0.1) is 0 Å². The van der Waals surface area contributed by atoms with Crippen LogP contribution in [-0.2, 0) is 9.53 Å². The first kappa shape index (κ1) is 14.4. The minimum Gasteiger partial charge on any atom is -0.481 e. The number of carboxylic acid groups (broad SMARTS) is 1. The summed E-state index contributed by atoms with van der Waals surface area (Å²) in [5.74, 6) is -2.35. The van der Waals surface area contributed by atoms with Crippen molar-refractivity contribution in [3.63, 3.8) is 0 Å². The van der Waals surface area contributed by atoms with E-state index in [0.717, 1.165) is 6.20 Å². The first-order valence-corrected chi connectivity index (χ1v) is 6.24. The molecule has 1 amide bonds. The molecule has 20 heavy (non-hydrogen) atoms. The van der Waals surface area contributed by atoms with E-state index in [1.807, 2.05) is 0 Å². The van der Waals surface area contributed by atoms with Crippen molar-refractivity contribution in [2.75, 3.05) is 19.8 Å². The van der Waals surface area contributed by atoms with Crippen LogP contribution < -0.4 is 5.32 Å². The fourth-order valence-corrected chi connectivity index (χ4v) is 2.13. The highest BCUT2D eigenvalue weighted by Gasteiger charge is 2.40. The van der Waals surface area contributed by atoms with Crippen LogP contribution in [0.5, 0.6) is 0 Å². The van der Waals surface area contributed by atoms with E-state index in [9.17, 15) is 19.1 Å². The third kappa shape index (κ3) is 2.93. The summed E-state index contributed by atoms with van der Waals surface area (Å²) in [4.78, 5) is 26.8. The number of hydrogen-bond acceptors (Lipinski definition) is 4. The molecule has 0 aromatic carbocycles. The minimum atomic E-state index is -1.04. The maximum Gasteiger partial charge on any atom is 0.311 e. The van der Waals surface area contributed by atoms with Gasteiger partial charge in [0.15, 0.2) is 5.82 Å².